The van der Waals surface area contributed by atoms with Gasteiger partial charge in [-0.1, -0.05) is 199 Å². The van der Waals surface area contributed by atoms with Crippen molar-refractivity contribution in [2.24, 2.45) is 34.0 Å². The molecule has 0 bridgehead atoms. The normalized spacial score (nSPS) is 13.3. The average Bonchev–Trinajstić information content (AvgIpc) is 3.15. The Morgan fingerprint density at radius 1 is 0.345 bits per heavy atom. The summed E-state index contributed by atoms with van der Waals surface area (Å²) >= 11 is 0. The molecule has 0 N–H and O–H groups in total. The number of carboxylic acid groups (broad SMARTS) is 3. The van der Waals surface area contributed by atoms with Gasteiger partial charge in [-0.25, -0.2) is 0 Å². The van der Waals surface area contributed by atoms with Crippen LogP contribution in [0.25, 0.3) is 0 Å². The molecule has 0 saturated carbocycles. The number of carbonyl (C=O) groups excluding carboxylic acids is 3. The Bertz CT molecular complexity index is 767. The second kappa shape index (κ2) is 37.2. The van der Waals surface area contributed by atoms with Gasteiger partial charge in [-0.05, 0) is 75.5 Å². The standard InChI is InChI=1S/3C16H32O2.Al/c3*1-5-8-11-14(4)16(15(17)18,12-9-6-2)13-10-7-3;/h3*14H,5-13H2,1-4H3,(H,17,18);/q;;;+3/p-3. The molecule has 0 aromatic rings. The van der Waals surface area contributed by atoms with Crippen molar-refractivity contribution >= 4 is 35.3 Å². The summed E-state index contributed by atoms with van der Waals surface area (Å²) in [6.07, 6.45) is 26.8. The molecule has 0 amide bonds. The monoisotopic (exact) mass is 793 g/mol. The third-order valence-electron chi connectivity index (χ3n) is 12.9. The zero-order valence-corrected chi connectivity index (χ0v) is 40.0. The van der Waals surface area contributed by atoms with Gasteiger partial charge in [0.2, 0.25) is 0 Å². The summed E-state index contributed by atoms with van der Waals surface area (Å²) in [6, 6.07) is 0. The van der Waals surface area contributed by atoms with E-state index in [0.29, 0.717) is 0 Å². The zero-order valence-electron chi connectivity index (χ0n) is 38.9. The third-order valence-corrected chi connectivity index (χ3v) is 12.9. The number of hydrogen-bond donors (Lipinski definition) is 0. The number of carboxylic acids is 3. The van der Waals surface area contributed by atoms with E-state index >= 15 is 0 Å². The first-order chi connectivity index (χ1) is 25.6. The number of aliphatic carboxylic acids is 3. The molecular formula is C48H93AlO6. The molecule has 0 fully saturated rings. The van der Waals surface area contributed by atoms with E-state index in [1.165, 1.54) is 0 Å². The van der Waals surface area contributed by atoms with Gasteiger partial charge in [-0.15, -0.1) is 0 Å². The maximum atomic E-state index is 11.7. The Balaban J connectivity index is -0.000000351. The number of carbonyl (C=O) groups is 3. The second-order valence-electron chi connectivity index (χ2n) is 17.1. The van der Waals surface area contributed by atoms with Gasteiger partial charge in [-0.3, -0.25) is 0 Å². The molecule has 7 heteroatoms. The van der Waals surface area contributed by atoms with Gasteiger partial charge >= 0.3 is 17.4 Å². The van der Waals surface area contributed by atoms with Gasteiger partial charge < -0.3 is 29.7 Å². The second-order valence-corrected chi connectivity index (χ2v) is 17.1. The first kappa shape index (κ1) is 60.6. The topological polar surface area (TPSA) is 120 Å². The van der Waals surface area contributed by atoms with Crippen LogP contribution in [0.1, 0.15) is 256 Å². The van der Waals surface area contributed by atoms with Crippen LogP contribution in [0.4, 0.5) is 0 Å². The molecule has 0 saturated heterocycles. The molecule has 0 aromatic heterocycles. The van der Waals surface area contributed by atoms with Crippen LogP contribution in [-0.2, 0) is 14.4 Å². The maximum absolute atomic E-state index is 11.7. The number of unbranched alkanes of at least 4 members (excludes halogenated alkanes) is 9. The fourth-order valence-corrected chi connectivity index (χ4v) is 8.38. The van der Waals surface area contributed by atoms with E-state index < -0.39 is 34.2 Å². The van der Waals surface area contributed by atoms with Crippen molar-refractivity contribution in [3.05, 3.63) is 0 Å². The van der Waals surface area contributed by atoms with Gasteiger partial charge in [0.25, 0.3) is 0 Å². The summed E-state index contributed by atoms with van der Waals surface area (Å²) in [6.45, 7) is 25.5. The van der Waals surface area contributed by atoms with Crippen LogP contribution in [-0.4, -0.2) is 35.3 Å². The summed E-state index contributed by atoms with van der Waals surface area (Å²) in [5, 5.41) is 35.2. The molecule has 0 rings (SSSR count). The minimum absolute atomic E-state index is 0. The van der Waals surface area contributed by atoms with Crippen LogP contribution in [0.15, 0.2) is 0 Å². The van der Waals surface area contributed by atoms with E-state index in [0.717, 1.165) is 173 Å². The zero-order chi connectivity index (χ0) is 42.1. The Morgan fingerprint density at radius 3 is 0.600 bits per heavy atom. The molecular weight excluding hydrogens is 700 g/mol. The average molecular weight is 793 g/mol. The van der Waals surface area contributed by atoms with E-state index in [1.54, 1.807) is 0 Å². The van der Waals surface area contributed by atoms with Crippen LogP contribution in [0.5, 0.6) is 0 Å². The number of hydrogen-bond acceptors (Lipinski definition) is 6. The van der Waals surface area contributed by atoms with Crippen molar-refractivity contribution in [2.45, 2.75) is 256 Å². The molecule has 0 aromatic carbocycles. The molecule has 55 heavy (non-hydrogen) atoms. The van der Waals surface area contributed by atoms with E-state index in [1.807, 2.05) is 0 Å². The van der Waals surface area contributed by atoms with Crippen LogP contribution >= 0.6 is 0 Å². The summed E-state index contributed by atoms with van der Waals surface area (Å²) in [4.78, 5) is 35.2. The van der Waals surface area contributed by atoms with Crippen LogP contribution in [0.3, 0.4) is 0 Å². The summed E-state index contributed by atoms with van der Waals surface area (Å²) in [7, 11) is 0. The molecule has 3 atom stereocenters. The molecule has 3 unspecified atom stereocenters. The van der Waals surface area contributed by atoms with Crippen LogP contribution < -0.4 is 15.3 Å². The molecule has 0 aliphatic rings. The van der Waals surface area contributed by atoms with Crippen molar-refractivity contribution < 1.29 is 29.7 Å². The number of rotatable bonds is 33. The minimum atomic E-state index is -0.812. The Kier molecular flexibility index (Phi) is 41.0. The van der Waals surface area contributed by atoms with Crippen molar-refractivity contribution in [1.29, 1.82) is 0 Å². The fraction of sp³-hybridized carbons (Fsp3) is 0.938. The van der Waals surface area contributed by atoms with Gasteiger partial charge in [0, 0.05) is 34.2 Å². The molecule has 0 heterocycles. The van der Waals surface area contributed by atoms with Crippen molar-refractivity contribution in [3.8, 4) is 0 Å². The molecule has 0 aliphatic heterocycles. The van der Waals surface area contributed by atoms with E-state index in [-0.39, 0.29) is 35.1 Å². The van der Waals surface area contributed by atoms with Gasteiger partial charge in [0.15, 0.2) is 0 Å². The molecule has 0 radical (unpaired) electrons. The molecule has 0 spiro atoms. The van der Waals surface area contributed by atoms with E-state index in [4.69, 9.17) is 0 Å². The predicted molar refractivity (Wildman–Crippen MR) is 231 cm³/mol. The Morgan fingerprint density at radius 2 is 0.491 bits per heavy atom. The van der Waals surface area contributed by atoms with Crippen LogP contribution in [0, 0.1) is 34.0 Å². The summed E-state index contributed by atoms with van der Waals surface area (Å²) in [5.41, 5.74) is -1.75. The van der Waals surface area contributed by atoms with Crippen molar-refractivity contribution in [1.82, 2.24) is 0 Å². The summed E-state index contributed by atoms with van der Waals surface area (Å²) in [5.74, 6) is -1.73. The SMILES string of the molecule is CCCCC(C)C(CCCC)(CCCC)C(=O)[O-].CCCCC(C)C(CCCC)(CCCC)C(=O)[O-].CCCCC(C)C(CCCC)(CCCC)C(=O)[O-].[Al+3]. The van der Waals surface area contributed by atoms with Crippen molar-refractivity contribution in [2.75, 3.05) is 0 Å². The first-order valence-corrected chi connectivity index (χ1v) is 23.3. The van der Waals surface area contributed by atoms with Crippen molar-refractivity contribution in [3.63, 3.8) is 0 Å². The smallest absolute Gasteiger partial charge is 0.550 e. The fourth-order valence-electron chi connectivity index (χ4n) is 8.38. The van der Waals surface area contributed by atoms with Gasteiger partial charge in [0.1, 0.15) is 0 Å². The predicted octanol–water partition coefficient (Wildman–Crippen LogP) is 11.4. The Hall–Kier alpha value is -1.06. The van der Waals surface area contributed by atoms with E-state index in [2.05, 4.69) is 83.1 Å². The van der Waals surface area contributed by atoms with Gasteiger partial charge in [0.05, 0.1) is 0 Å². The molecule has 324 valence electrons. The summed E-state index contributed by atoms with van der Waals surface area (Å²) < 4.78 is 0. The first-order valence-electron chi connectivity index (χ1n) is 23.3. The maximum Gasteiger partial charge on any atom is 3.00 e. The minimum Gasteiger partial charge on any atom is -0.550 e. The molecule has 0 aliphatic carbocycles. The molecule has 6 nitrogen and oxygen atoms in total. The van der Waals surface area contributed by atoms with Crippen LogP contribution in [0.2, 0.25) is 0 Å². The van der Waals surface area contributed by atoms with E-state index in [9.17, 15) is 29.7 Å². The Labute approximate surface area is 354 Å². The largest absolute Gasteiger partial charge is 3.00 e. The third kappa shape index (κ3) is 23.2. The quantitative estimate of drug-likeness (QED) is 0.0610. The van der Waals surface area contributed by atoms with Gasteiger partial charge in [-0.2, -0.15) is 0 Å².